The van der Waals surface area contributed by atoms with Crippen molar-refractivity contribution in [2.24, 2.45) is 5.92 Å². The number of anilines is 1. The molecule has 1 aliphatic heterocycles. The van der Waals surface area contributed by atoms with E-state index in [2.05, 4.69) is 10.3 Å². The van der Waals surface area contributed by atoms with Crippen molar-refractivity contribution in [2.75, 3.05) is 18.2 Å². The van der Waals surface area contributed by atoms with E-state index in [1.54, 1.807) is 7.11 Å². The van der Waals surface area contributed by atoms with E-state index in [0.29, 0.717) is 5.75 Å². The van der Waals surface area contributed by atoms with E-state index in [1.807, 2.05) is 55.5 Å². The molecule has 0 fully saturated rings. The number of fused-ring (bicyclic) bond motifs is 1. The lowest BCUT2D eigenvalue weighted by Gasteiger charge is -2.31. The third-order valence-corrected chi connectivity index (χ3v) is 7.10. The van der Waals surface area contributed by atoms with Crippen molar-refractivity contribution in [3.05, 3.63) is 74.2 Å². The molecule has 2 atom stereocenters. The lowest BCUT2D eigenvalue weighted by atomic mass is 9.84. The molecule has 7 heteroatoms. The summed E-state index contributed by atoms with van der Waals surface area (Å²) in [5.41, 5.74) is 2.83. The van der Waals surface area contributed by atoms with Crippen LogP contribution in [0.15, 0.2) is 58.4 Å². The van der Waals surface area contributed by atoms with Gasteiger partial charge in [0.15, 0.2) is 0 Å². The largest absolute Gasteiger partial charge is 0.496 e. The Hall–Kier alpha value is -2.51. The quantitative estimate of drug-likeness (QED) is 0.672. The second kappa shape index (κ2) is 7.85. The lowest BCUT2D eigenvalue weighted by Crippen LogP contribution is -2.32. The van der Waals surface area contributed by atoms with E-state index < -0.39 is 0 Å². The molecule has 2 heterocycles. The summed E-state index contributed by atoms with van der Waals surface area (Å²) in [6.45, 7) is 2.01. The number of hydrogen-bond donors (Lipinski definition) is 2. The van der Waals surface area contributed by atoms with Gasteiger partial charge in [-0.25, -0.2) is 0 Å². The van der Waals surface area contributed by atoms with E-state index in [4.69, 9.17) is 4.74 Å². The number of nitrogens with one attached hydrogen (secondary N) is 2. The molecule has 1 amide bonds. The maximum atomic E-state index is 13.2. The van der Waals surface area contributed by atoms with Crippen LogP contribution in [-0.2, 0) is 4.79 Å². The Kier molecular flexibility index (Phi) is 5.28. The number of benzene rings is 2. The van der Waals surface area contributed by atoms with Gasteiger partial charge in [0.2, 0.25) is 5.91 Å². The van der Waals surface area contributed by atoms with E-state index in [-0.39, 0.29) is 22.6 Å². The van der Waals surface area contributed by atoms with Crippen molar-refractivity contribution < 1.29 is 9.53 Å². The molecule has 144 valence electrons. The predicted octanol–water partition coefficient (Wildman–Crippen LogP) is 4.25. The highest BCUT2D eigenvalue weighted by atomic mass is 32.2. The number of rotatable bonds is 4. The Bertz CT molecular complexity index is 1060. The normalized spacial score (nSPS) is 18.4. The molecule has 5 nitrogen and oxygen atoms in total. The number of carbonyl (C=O) groups is 1. The minimum atomic E-state index is -0.318. The van der Waals surface area contributed by atoms with Gasteiger partial charge in [0.25, 0.3) is 0 Å². The Morgan fingerprint density at radius 1 is 1.18 bits per heavy atom. The van der Waals surface area contributed by atoms with Crippen molar-refractivity contribution in [3.8, 4) is 5.75 Å². The van der Waals surface area contributed by atoms with Gasteiger partial charge in [0.05, 0.1) is 18.1 Å². The Morgan fingerprint density at radius 2 is 1.93 bits per heavy atom. The summed E-state index contributed by atoms with van der Waals surface area (Å²) in [4.78, 5) is 28.9. The zero-order valence-corrected chi connectivity index (χ0v) is 17.2. The topological polar surface area (TPSA) is 71.2 Å². The molecule has 1 aliphatic rings. The molecule has 1 aromatic heterocycles. The highest BCUT2D eigenvalue weighted by Gasteiger charge is 2.39. The standard InChI is InChI=1S/C21H20N2O3S2/c1-12-7-9-13(10-8-12)22-19(24)15-11-27-20-18(28-21(25)23-20)17(15)14-5-3-4-6-16(14)26-2/h3-10,15,17H,11H2,1-2H3,(H,22,24)(H,23,25)/t15-,17+/m0/s1. The van der Waals surface area contributed by atoms with Gasteiger partial charge >= 0.3 is 4.87 Å². The first-order chi connectivity index (χ1) is 13.6. The van der Waals surface area contributed by atoms with Crippen LogP contribution in [0.2, 0.25) is 0 Å². The molecule has 0 spiro atoms. The zero-order valence-electron chi connectivity index (χ0n) is 15.5. The van der Waals surface area contributed by atoms with Gasteiger partial charge in [0, 0.05) is 27.8 Å². The molecule has 0 bridgehead atoms. The number of H-pyrrole nitrogens is 1. The Morgan fingerprint density at radius 3 is 2.68 bits per heavy atom. The van der Waals surface area contributed by atoms with Crippen LogP contribution in [0.3, 0.4) is 0 Å². The number of amides is 1. The molecule has 28 heavy (non-hydrogen) atoms. The van der Waals surface area contributed by atoms with Crippen LogP contribution < -0.4 is 14.9 Å². The zero-order chi connectivity index (χ0) is 19.7. The summed E-state index contributed by atoms with van der Waals surface area (Å²) in [5.74, 6) is 0.696. The molecule has 4 rings (SSSR count). The highest BCUT2D eigenvalue weighted by Crippen LogP contribution is 2.47. The number of para-hydroxylation sites is 1. The summed E-state index contributed by atoms with van der Waals surface area (Å²) in [5, 5.41) is 3.89. The number of aromatic nitrogens is 1. The summed E-state index contributed by atoms with van der Waals surface area (Å²) in [7, 11) is 1.62. The fourth-order valence-electron chi connectivity index (χ4n) is 3.47. The van der Waals surface area contributed by atoms with Crippen LogP contribution in [0.5, 0.6) is 5.75 Å². The van der Waals surface area contributed by atoms with Gasteiger partial charge < -0.3 is 15.0 Å². The van der Waals surface area contributed by atoms with Gasteiger partial charge in [-0.3, -0.25) is 9.59 Å². The van der Waals surface area contributed by atoms with E-state index in [0.717, 1.165) is 32.5 Å². The molecule has 0 unspecified atom stereocenters. The summed E-state index contributed by atoms with van der Waals surface area (Å²) < 4.78 is 5.56. The van der Waals surface area contributed by atoms with Gasteiger partial charge in [-0.05, 0) is 25.1 Å². The van der Waals surface area contributed by atoms with Crippen LogP contribution in [0.1, 0.15) is 21.9 Å². The molecular formula is C21H20N2O3S2. The smallest absolute Gasteiger partial charge is 0.305 e. The number of thioether (sulfide) groups is 1. The number of aromatic amines is 1. The van der Waals surface area contributed by atoms with E-state index in [9.17, 15) is 9.59 Å². The molecule has 3 aromatic rings. The molecule has 2 N–H and O–H groups in total. The molecule has 2 aromatic carbocycles. The fraction of sp³-hybridized carbons (Fsp3) is 0.238. The maximum Gasteiger partial charge on any atom is 0.305 e. The number of ether oxygens (including phenoxy) is 1. The maximum absolute atomic E-state index is 13.2. The van der Waals surface area contributed by atoms with Crippen molar-refractivity contribution in [3.63, 3.8) is 0 Å². The first-order valence-electron chi connectivity index (χ1n) is 8.93. The molecule has 0 saturated carbocycles. The SMILES string of the molecule is COc1ccccc1[C@H]1c2sc(=O)[nH]c2SC[C@@H]1C(=O)Nc1ccc(C)cc1. The third-order valence-electron chi connectivity index (χ3n) is 4.86. The van der Waals surface area contributed by atoms with Crippen LogP contribution in [0.4, 0.5) is 5.69 Å². The monoisotopic (exact) mass is 412 g/mol. The number of methoxy groups -OCH3 is 1. The van der Waals surface area contributed by atoms with E-state index >= 15 is 0 Å². The van der Waals surface area contributed by atoms with Crippen LogP contribution in [0.25, 0.3) is 0 Å². The second-order valence-electron chi connectivity index (χ2n) is 6.70. The molecule has 0 saturated heterocycles. The Labute approximate surface area is 171 Å². The van der Waals surface area contributed by atoms with Crippen molar-refractivity contribution in [1.29, 1.82) is 0 Å². The van der Waals surface area contributed by atoms with Gasteiger partial charge in [-0.15, -0.1) is 11.8 Å². The minimum Gasteiger partial charge on any atom is -0.496 e. The Balaban J connectivity index is 1.73. The van der Waals surface area contributed by atoms with Crippen LogP contribution in [-0.4, -0.2) is 23.8 Å². The predicted molar refractivity (Wildman–Crippen MR) is 114 cm³/mol. The number of aryl methyl sites for hydroxylation is 1. The highest BCUT2D eigenvalue weighted by molar-refractivity contribution is 7.99. The lowest BCUT2D eigenvalue weighted by molar-refractivity contribution is -0.119. The number of thiazole rings is 1. The summed E-state index contributed by atoms with van der Waals surface area (Å²) >= 11 is 2.70. The number of hydrogen-bond acceptors (Lipinski definition) is 5. The second-order valence-corrected chi connectivity index (χ2v) is 8.75. The van der Waals surface area contributed by atoms with Crippen molar-refractivity contribution >= 4 is 34.7 Å². The van der Waals surface area contributed by atoms with Gasteiger partial charge in [0.1, 0.15) is 5.75 Å². The van der Waals surface area contributed by atoms with Gasteiger partial charge in [-0.1, -0.05) is 47.2 Å². The number of carbonyl (C=O) groups excluding carboxylic acids is 1. The van der Waals surface area contributed by atoms with Crippen molar-refractivity contribution in [2.45, 2.75) is 17.9 Å². The van der Waals surface area contributed by atoms with Crippen LogP contribution >= 0.6 is 23.1 Å². The van der Waals surface area contributed by atoms with Crippen LogP contribution in [0, 0.1) is 12.8 Å². The average molecular weight is 413 g/mol. The third kappa shape index (κ3) is 3.59. The first kappa shape index (κ1) is 18.8. The molecular weight excluding hydrogens is 392 g/mol. The minimum absolute atomic E-state index is 0.0567. The first-order valence-corrected chi connectivity index (χ1v) is 10.7. The summed E-state index contributed by atoms with van der Waals surface area (Å²) in [6.07, 6.45) is 0. The van der Waals surface area contributed by atoms with Gasteiger partial charge in [-0.2, -0.15) is 0 Å². The van der Waals surface area contributed by atoms with E-state index in [1.165, 1.54) is 23.1 Å². The molecule has 0 aliphatic carbocycles. The van der Waals surface area contributed by atoms with Crippen molar-refractivity contribution in [1.82, 2.24) is 4.98 Å². The fourth-order valence-corrected chi connectivity index (χ4v) is 5.88. The molecule has 0 radical (unpaired) electrons. The average Bonchev–Trinajstić information content (AvgIpc) is 3.09. The summed E-state index contributed by atoms with van der Waals surface area (Å²) in [6, 6.07) is 15.5.